The van der Waals surface area contributed by atoms with Crippen molar-refractivity contribution in [3.63, 3.8) is 0 Å². The lowest BCUT2D eigenvalue weighted by molar-refractivity contribution is -0.142. The zero-order valence-electron chi connectivity index (χ0n) is 10.7. The van der Waals surface area contributed by atoms with Crippen LogP contribution >= 0.6 is 0 Å². The van der Waals surface area contributed by atoms with Gasteiger partial charge in [-0.25, -0.2) is 4.79 Å². The van der Waals surface area contributed by atoms with E-state index in [1.54, 1.807) is 24.3 Å². The summed E-state index contributed by atoms with van der Waals surface area (Å²) in [6.45, 7) is 0.597. The first kappa shape index (κ1) is 13.9. The molecule has 1 unspecified atom stereocenters. The van der Waals surface area contributed by atoms with Gasteiger partial charge in [0.2, 0.25) is 5.91 Å². The second-order valence-electron chi connectivity index (χ2n) is 4.39. The van der Waals surface area contributed by atoms with Crippen molar-refractivity contribution in [3.8, 4) is 0 Å². The van der Waals surface area contributed by atoms with Crippen LogP contribution in [0.5, 0.6) is 0 Å². The predicted molar refractivity (Wildman–Crippen MR) is 71.2 cm³/mol. The zero-order valence-corrected chi connectivity index (χ0v) is 10.7. The van der Waals surface area contributed by atoms with E-state index in [9.17, 15) is 14.4 Å². The van der Waals surface area contributed by atoms with Gasteiger partial charge in [-0.2, -0.15) is 0 Å². The first-order valence-electron chi connectivity index (χ1n) is 6.20. The van der Waals surface area contributed by atoms with Gasteiger partial charge in [0.1, 0.15) is 6.04 Å². The largest absolute Gasteiger partial charge is 0.481 e. The SMILES string of the molecule is O=C(O)CC1C(=O)NCCN1C(=O)Nc1ccccc1. The molecule has 1 heterocycles. The standard InChI is InChI=1S/C13H15N3O4/c17-11(18)8-10-12(19)14-6-7-16(10)13(20)15-9-4-2-1-3-5-9/h1-5,10H,6-8H2,(H,14,19)(H,15,20)(H,17,18). The van der Waals surface area contributed by atoms with Gasteiger partial charge in [0.15, 0.2) is 0 Å². The maximum atomic E-state index is 12.1. The third kappa shape index (κ3) is 3.25. The quantitative estimate of drug-likeness (QED) is 0.749. The maximum absolute atomic E-state index is 12.1. The van der Waals surface area contributed by atoms with Crippen molar-refractivity contribution in [2.24, 2.45) is 0 Å². The van der Waals surface area contributed by atoms with Crippen LogP contribution in [0, 0.1) is 0 Å². The van der Waals surface area contributed by atoms with Crippen LogP contribution in [0.2, 0.25) is 0 Å². The molecule has 1 aromatic rings. The first-order valence-corrected chi connectivity index (χ1v) is 6.20. The van der Waals surface area contributed by atoms with Crippen LogP contribution in [0.3, 0.4) is 0 Å². The number of carbonyl (C=O) groups is 3. The topological polar surface area (TPSA) is 98.7 Å². The molecule has 20 heavy (non-hydrogen) atoms. The summed E-state index contributed by atoms with van der Waals surface area (Å²) in [7, 11) is 0. The number of aliphatic carboxylic acids is 1. The van der Waals surface area contributed by atoms with Crippen LogP contribution < -0.4 is 10.6 Å². The number of rotatable bonds is 3. The Balaban J connectivity index is 2.09. The number of amides is 3. The minimum atomic E-state index is -1.12. The Morgan fingerprint density at radius 2 is 2.05 bits per heavy atom. The summed E-state index contributed by atoms with van der Waals surface area (Å²) >= 11 is 0. The highest BCUT2D eigenvalue weighted by Crippen LogP contribution is 2.13. The molecule has 0 bridgehead atoms. The molecule has 0 saturated carbocycles. The van der Waals surface area contributed by atoms with Gasteiger partial charge >= 0.3 is 12.0 Å². The number of benzene rings is 1. The van der Waals surface area contributed by atoms with Gasteiger partial charge in [-0.3, -0.25) is 9.59 Å². The van der Waals surface area contributed by atoms with E-state index in [-0.39, 0.29) is 6.54 Å². The minimum Gasteiger partial charge on any atom is -0.481 e. The van der Waals surface area contributed by atoms with Crippen LogP contribution in [0.1, 0.15) is 6.42 Å². The number of hydrogen-bond acceptors (Lipinski definition) is 3. The fraction of sp³-hybridized carbons (Fsp3) is 0.308. The van der Waals surface area contributed by atoms with E-state index in [4.69, 9.17) is 5.11 Å². The lowest BCUT2D eigenvalue weighted by Gasteiger charge is -2.34. The number of carbonyl (C=O) groups excluding carboxylic acids is 2. The number of nitrogens with zero attached hydrogens (tertiary/aromatic N) is 1. The van der Waals surface area contributed by atoms with E-state index < -0.39 is 30.4 Å². The summed E-state index contributed by atoms with van der Waals surface area (Å²) in [6, 6.07) is 7.34. The van der Waals surface area contributed by atoms with Crippen molar-refractivity contribution < 1.29 is 19.5 Å². The summed E-state index contributed by atoms with van der Waals surface area (Å²) < 4.78 is 0. The van der Waals surface area contributed by atoms with Crippen molar-refractivity contribution in [2.75, 3.05) is 18.4 Å². The average Bonchev–Trinajstić information content (AvgIpc) is 2.41. The van der Waals surface area contributed by atoms with Gasteiger partial charge < -0.3 is 20.6 Å². The molecule has 0 aromatic heterocycles. The van der Waals surface area contributed by atoms with Crippen LogP contribution in [-0.4, -0.2) is 47.0 Å². The second kappa shape index (κ2) is 6.05. The molecule has 1 atom stereocenters. The highest BCUT2D eigenvalue weighted by atomic mass is 16.4. The highest BCUT2D eigenvalue weighted by Gasteiger charge is 2.34. The normalized spacial score (nSPS) is 18.3. The molecular weight excluding hydrogens is 262 g/mol. The van der Waals surface area contributed by atoms with Crippen molar-refractivity contribution >= 4 is 23.6 Å². The average molecular weight is 277 g/mol. The number of carboxylic acid groups (broad SMARTS) is 1. The number of para-hydroxylation sites is 1. The molecule has 1 aliphatic heterocycles. The molecule has 1 aliphatic rings. The van der Waals surface area contributed by atoms with Gasteiger partial charge in [-0.05, 0) is 12.1 Å². The summed E-state index contributed by atoms with van der Waals surface area (Å²) in [5.74, 6) is -1.56. The van der Waals surface area contributed by atoms with Crippen LogP contribution in [0.25, 0.3) is 0 Å². The lowest BCUT2D eigenvalue weighted by Crippen LogP contribution is -2.58. The lowest BCUT2D eigenvalue weighted by atomic mass is 10.1. The zero-order chi connectivity index (χ0) is 14.5. The summed E-state index contributed by atoms with van der Waals surface area (Å²) in [5.41, 5.74) is 0.595. The highest BCUT2D eigenvalue weighted by molar-refractivity contribution is 5.96. The number of piperazine rings is 1. The number of urea groups is 1. The van der Waals surface area contributed by atoms with Gasteiger partial charge in [0.05, 0.1) is 6.42 Å². The van der Waals surface area contributed by atoms with Crippen LogP contribution in [-0.2, 0) is 9.59 Å². The Hall–Kier alpha value is -2.57. The van der Waals surface area contributed by atoms with E-state index >= 15 is 0 Å². The van der Waals surface area contributed by atoms with Gasteiger partial charge in [-0.1, -0.05) is 18.2 Å². The molecule has 1 aromatic carbocycles. The smallest absolute Gasteiger partial charge is 0.322 e. The summed E-state index contributed by atoms with van der Waals surface area (Å²) in [5, 5.41) is 14.0. The monoisotopic (exact) mass is 277 g/mol. The number of anilines is 1. The molecule has 3 N–H and O–H groups in total. The van der Waals surface area contributed by atoms with Crippen molar-refractivity contribution in [2.45, 2.75) is 12.5 Å². The summed E-state index contributed by atoms with van der Waals surface area (Å²) in [4.78, 5) is 35.9. The summed E-state index contributed by atoms with van der Waals surface area (Å²) in [6.07, 6.45) is -0.409. The number of carboxylic acids is 1. The first-order chi connectivity index (χ1) is 9.58. The Labute approximate surface area is 115 Å². The Morgan fingerprint density at radius 1 is 1.35 bits per heavy atom. The number of hydrogen-bond donors (Lipinski definition) is 3. The molecule has 0 radical (unpaired) electrons. The van der Waals surface area contributed by atoms with Crippen molar-refractivity contribution in [1.29, 1.82) is 0 Å². The molecule has 1 saturated heterocycles. The van der Waals surface area contributed by atoms with Crippen molar-refractivity contribution in [3.05, 3.63) is 30.3 Å². The molecule has 106 valence electrons. The second-order valence-corrected chi connectivity index (χ2v) is 4.39. The van der Waals surface area contributed by atoms with Gasteiger partial charge in [0, 0.05) is 18.8 Å². The Bertz CT molecular complexity index is 518. The van der Waals surface area contributed by atoms with E-state index in [1.165, 1.54) is 4.90 Å². The molecule has 0 spiro atoms. The third-order valence-electron chi connectivity index (χ3n) is 2.98. The Morgan fingerprint density at radius 3 is 2.70 bits per heavy atom. The van der Waals surface area contributed by atoms with Gasteiger partial charge in [0.25, 0.3) is 0 Å². The predicted octanol–water partition coefficient (Wildman–Crippen LogP) is 0.494. The van der Waals surface area contributed by atoms with Gasteiger partial charge in [-0.15, -0.1) is 0 Å². The number of nitrogens with one attached hydrogen (secondary N) is 2. The molecule has 2 rings (SSSR count). The molecule has 1 fully saturated rings. The van der Waals surface area contributed by atoms with Crippen LogP contribution in [0.4, 0.5) is 10.5 Å². The third-order valence-corrected chi connectivity index (χ3v) is 2.98. The fourth-order valence-electron chi connectivity index (χ4n) is 2.04. The Kier molecular flexibility index (Phi) is 4.19. The molecule has 3 amide bonds. The molecular formula is C13H15N3O4. The van der Waals surface area contributed by atoms with E-state index in [2.05, 4.69) is 10.6 Å². The fourth-order valence-corrected chi connectivity index (χ4v) is 2.04. The molecule has 7 heteroatoms. The van der Waals surface area contributed by atoms with E-state index in [0.29, 0.717) is 12.2 Å². The molecule has 7 nitrogen and oxygen atoms in total. The van der Waals surface area contributed by atoms with Crippen molar-refractivity contribution in [1.82, 2.24) is 10.2 Å². The maximum Gasteiger partial charge on any atom is 0.322 e. The van der Waals surface area contributed by atoms with Crippen LogP contribution in [0.15, 0.2) is 30.3 Å². The van der Waals surface area contributed by atoms with E-state index in [1.807, 2.05) is 6.07 Å². The molecule has 0 aliphatic carbocycles. The minimum absolute atomic E-state index is 0.280. The van der Waals surface area contributed by atoms with E-state index in [0.717, 1.165) is 0 Å².